The summed E-state index contributed by atoms with van der Waals surface area (Å²) in [6.07, 6.45) is 6.91. The number of aliphatic hydroxyl groups excluding tert-OH is 1. The molecule has 0 saturated heterocycles. The molecular weight excluding hydrogens is 548 g/mol. The first-order chi connectivity index (χ1) is 21.0. The fourth-order valence-corrected chi connectivity index (χ4v) is 5.72. The molecule has 2 amide bonds. The van der Waals surface area contributed by atoms with E-state index in [0.29, 0.717) is 51.3 Å². The zero-order valence-corrected chi connectivity index (χ0v) is 26.2. The van der Waals surface area contributed by atoms with Gasteiger partial charge in [0.15, 0.2) is 0 Å². The van der Waals surface area contributed by atoms with Crippen molar-refractivity contribution in [3.63, 3.8) is 0 Å². The molecule has 42 heavy (non-hydrogen) atoms. The van der Waals surface area contributed by atoms with Gasteiger partial charge in [-0.15, -0.1) is 0 Å². The summed E-state index contributed by atoms with van der Waals surface area (Å²) < 4.78 is 19.0. The first-order valence-corrected chi connectivity index (χ1v) is 16.2. The minimum absolute atomic E-state index is 0.0132. The number of carbonyl (C=O) groups is 2. The Balaban J connectivity index is 1.47. The Morgan fingerprint density at radius 2 is 1.52 bits per heavy atom. The number of nitrogens with one attached hydrogen (secondary N) is 2. The lowest BCUT2D eigenvalue weighted by atomic mass is 9.95. The van der Waals surface area contributed by atoms with Crippen LogP contribution in [-0.2, 0) is 31.9 Å². The molecular formula is C34H50N2O5S. The van der Waals surface area contributed by atoms with E-state index in [1.165, 1.54) is 33.4 Å². The van der Waals surface area contributed by atoms with Crippen molar-refractivity contribution in [2.24, 2.45) is 0 Å². The second kappa shape index (κ2) is 19.0. The highest BCUT2D eigenvalue weighted by molar-refractivity contribution is 7.80. The van der Waals surface area contributed by atoms with Crippen LogP contribution in [0.3, 0.4) is 0 Å². The number of unbranched alkanes of at least 4 members (excludes halogenated alkanes) is 1. The summed E-state index contributed by atoms with van der Waals surface area (Å²) in [6.45, 7) is 6.93. The van der Waals surface area contributed by atoms with Gasteiger partial charge in [0, 0.05) is 50.8 Å². The van der Waals surface area contributed by atoms with Crippen LogP contribution in [0.1, 0.15) is 87.0 Å². The van der Waals surface area contributed by atoms with Crippen LogP contribution in [-0.4, -0.2) is 69.4 Å². The topological polar surface area (TPSA) is 96.9 Å². The van der Waals surface area contributed by atoms with Gasteiger partial charge >= 0.3 is 0 Å². The summed E-state index contributed by atoms with van der Waals surface area (Å²) in [5, 5.41) is 14.8. The highest BCUT2D eigenvalue weighted by atomic mass is 32.1. The fourth-order valence-electron chi connectivity index (χ4n) is 5.36. The van der Waals surface area contributed by atoms with Gasteiger partial charge in [-0.3, -0.25) is 9.59 Å². The van der Waals surface area contributed by atoms with Crippen LogP contribution in [0.15, 0.2) is 36.4 Å². The normalized spacial score (nSPS) is 14.6. The fraction of sp³-hybridized carbons (Fsp3) is 0.588. The molecule has 7 nitrogen and oxygen atoms in total. The third-order valence-electron chi connectivity index (χ3n) is 7.75. The summed E-state index contributed by atoms with van der Waals surface area (Å²) in [7, 11) is 0. The lowest BCUT2D eigenvalue weighted by Gasteiger charge is -2.13. The van der Waals surface area contributed by atoms with Crippen LogP contribution in [0.25, 0.3) is 11.1 Å². The molecule has 2 aromatic rings. The summed E-state index contributed by atoms with van der Waals surface area (Å²) >= 11 is 1.12. The zero-order valence-electron chi connectivity index (χ0n) is 26.4. The third kappa shape index (κ3) is 11.0. The number of hydrogen-bond acceptors (Lipinski definition) is 6. The number of rotatable bonds is 22. The lowest BCUT2D eigenvalue weighted by Crippen LogP contribution is -2.28. The second-order valence-corrected chi connectivity index (χ2v) is 11.5. The van der Waals surface area contributed by atoms with E-state index >= 15 is 0 Å². The Morgan fingerprint density at radius 1 is 0.929 bits per heavy atom. The van der Waals surface area contributed by atoms with Crippen molar-refractivity contribution < 1.29 is 24.2 Å². The van der Waals surface area contributed by atoms with Gasteiger partial charge in [-0.1, -0.05) is 49.7 Å². The molecule has 2 atom stereocenters. The van der Waals surface area contributed by atoms with Gasteiger partial charge in [-0.25, -0.2) is 0 Å². The first kappa shape index (κ1) is 32.5. The highest BCUT2D eigenvalue weighted by Crippen LogP contribution is 2.46. The Kier molecular flexibility index (Phi) is 14.7. The summed E-state index contributed by atoms with van der Waals surface area (Å²) in [6, 6.07) is 13.3. The van der Waals surface area contributed by atoms with Crippen LogP contribution in [0, 0.1) is 0 Å². The summed E-state index contributed by atoms with van der Waals surface area (Å²) in [5.74, 6) is 0.952. The quantitative estimate of drug-likeness (QED) is 0.110. The van der Waals surface area contributed by atoms with E-state index < -0.39 is 0 Å². The Hall–Kier alpha value is -2.39. The minimum atomic E-state index is -0.0132. The second-order valence-electron chi connectivity index (χ2n) is 11.1. The van der Waals surface area contributed by atoms with Gasteiger partial charge in [-0.2, -0.15) is 12.5 Å². The Labute approximate surface area is 258 Å². The number of amides is 2. The molecule has 2 unspecified atom stereocenters. The molecule has 0 fully saturated rings. The van der Waals surface area contributed by atoms with Crippen molar-refractivity contribution in [2.75, 3.05) is 45.3 Å². The summed E-state index contributed by atoms with van der Waals surface area (Å²) in [4.78, 5) is 24.5. The maximum Gasteiger partial charge on any atom is 0.220 e. The van der Waals surface area contributed by atoms with Crippen molar-refractivity contribution in [1.29, 1.82) is 1.12 Å². The third-order valence-corrected chi connectivity index (χ3v) is 8.08. The smallest absolute Gasteiger partial charge is 0.220 e. The molecule has 8 heteroatoms. The van der Waals surface area contributed by atoms with Crippen LogP contribution in [0.2, 0.25) is 0 Å². The minimum Gasteiger partial charge on any atom is -0.396 e. The van der Waals surface area contributed by atoms with Gasteiger partial charge < -0.3 is 25.2 Å². The van der Waals surface area contributed by atoms with Crippen molar-refractivity contribution in [3.8, 4) is 11.1 Å². The van der Waals surface area contributed by atoms with Crippen LogP contribution < -0.4 is 10.6 Å². The van der Waals surface area contributed by atoms with E-state index in [4.69, 9.17) is 15.7 Å². The lowest BCUT2D eigenvalue weighted by molar-refractivity contribution is -0.122. The van der Waals surface area contributed by atoms with Gasteiger partial charge in [0.2, 0.25) is 11.8 Å². The molecule has 0 spiro atoms. The number of aryl methyl sites for hydroxylation is 2. The molecule has 1 aliphatic rings. The molecule has 0 heterocycles. The number of carbonyl (C=O) groups excluding carboxylic acids is 2. The van der Waals surface area contributed by atoms with E-state index in [0.717, 1.165) is 57.7 Å². The van der Waals surface area contributed by atoms with Crippen molar-refractivity contribution in [3.05, 3.63) is 58.7 Å². The van der Waals surface area contributed by atoms with Gasteiger partial charge in [0.25, 0.3) is 0 Å². The number of aliphatic hydroxyl groups is 1. The Morgan fingerprint density at radius 3 is 2.07 bits per heavy atom. The maximum atomic E-state index is 12.3. The number of hydrogen-bond donors (Lipinski definition) is 4. The van der Waals surface area contributed by atoms with Gasteiger partial charge in [-0.05, 0) is 78.8 Å². The highest BCUT2D eigenvalue weighted by Gasteiger charge is 2.28. The molecule has 0 radical (unpaired) electrons. The van der Waals surface area contributed by atoms with Crippen LogP contribution in [0.4, 0.5) is 0 Å². The van der Waals surface area contributed by atoms with E-state index in [2.05, 4.69) is 54.0 Å². The number of thiol groups is 1. The van der Waals surface area contributed by atoms with E-state index in [9.17, 15) is 9.59 Å². The van der Waals surface area contributed by atoms with E-state index in [1.807, 2.05) is 6.92 Å². The first-order valence-electron chi connectivity index (χ1n) is 16.0. The van der Waals surface area contributed by atoms with Crippen LogP contribution in [0.5, 0.6) is 0 Å². The van der Waals surface area contributed by atoms with Crippen molar-refractivity contribution in [1.82, 2.24) is 10.6 Å². The van der Waals surface area contributed by atoms with Gasteiger partial charge in [0.05, 0.1) is 19.3 Å². The predicted octanol–water partition coefficient (Wildman–Crippen LogP) is 5.21. The monoisotopic (exact) mass is 599 g/mol. The molecule has 3 rings (SSSR count). The SMILES string of the molecule is [2H]SCC1c2cc(CCCC(=O)NCCOCCCC)ccc2-c2ccc(CCCC(=O)NCCOC(C)CCO)cc21. The molecule has 0 bridgehead atoms. The summed E-state index contributed by atoms with van der Waals surface area (Å²) in [5.41, 5.74) is 7.44. The molecule has 0 saturated carbocycles. The molecule has 1 aliphatic carbocycles. The molecule has 0 aliphatic heterocycles. The maximum absolute atomic E-state index is 12.3. The Bertz CT molecular complexity index is 1150. The van der Waals surface area contributed by atoms with E-state index in [1.54, 1.807) is 0 Å². The standard InChI is InChI=1S/C34H50N2O5S/c1-3-4-19-40-20-16-35-33(38)9-5-7-26-11-13-28-29-14-12-27(23-31(29)32(24-42)30(28)22-26)8-6-10-34(39)36-17-21-41-25(2)15-18-37/h11-14,22-23,25,32,37,42H,3-10,15-21,24H2,1-2H3,(H,35,38)(H,36,39)/i/hD. The molecule has 3 N–H and O–H groups in total. The van der Waals surface area contributed by atoms with E-state index in [-0.39, 0.29) is 30.4 Å². The molecule has 0 aromatic heterocycles. The number of benzene rings is 2. The van der Waals surface area contributed by atoms with Crippen molar-refractivity contribution >= 4 is 24.3 Å². The average molecular weight is 600 g/mol. The number of fused-ring (bicyclic) bond motifs is 3. The molecule has 232 valence electrons. The van der Waals surface area contributed by atoms with Crippen molar-refractivity contribution in [2.45, 2.75) is 83.7 Å². The predicted molar refractivity (Wildman–Crippen MR) is 172 cm³/mol. The van der Waals surface area contributed by atoms with Crippen LogP contribution >= 0.6 is 12.5 Å². The molecule has 2 aromatic carbocycles. The number of ether oxygens (including phenoxy) is 2. The van der Waals surface area contributed by atoms with Gasteiger partial charge in [0.1, 0.15) is 1.12 Å². The largest absolute Gasteiger partial charge is 0.396 e. The average Bonchev–Trinajstić information content (AvgIpc) is 3.29. The zero-order chi connectivity index (χ0) is 30.9.